The molecular weight excluding hydrogens is 289 g/mol. The molecule has 0 aliphatic rings. The molecule has 0 amide bonds. The number of hydrogen-bond acceptors (Lipinski definition) is 4. The van der Waals surface area contributed by atoms with Crippen molar-refractivity contribution < 1.29 is 14.3 Å². The second-order valence-corrected chi connectivity index (χ2v) is 5.19. The van der Waals surface area contributed by atoms with Gasteiger partial charge in [0, 0.05) is 23.7 Å². The van der Waals surface area contributed by atoms with E-state index in [9.17, 15) is 4.79 Å². The maximum atomic E-state index is 11.8. The van der Waals surface area contributed by atoms with Crippen molar-refractivity contribution in [3.8, 4) is 0 Å². The first-order chi connectivity index (χ1) is 8.92. The van der Waals surface area contributed by atoms with Crippen LogP contribution >= 0.6 is 23.2 Å². The Balaban J connectivity index is 2.79. The van der Waals surface area contributed by atoms with Crippen LogP contribution in [0.25, 0.3) is 0 Å². The number of halogens is 2. The summed E-state index contributed by atoms with van der Waals surface area (Å²) >= 11 is 11.9. The standard InChI is InChI=1S/C13H17Cl2NO3/c1-13(8-18-2,12(17)19-3)16-7-9-4-5-10(14)6-11(9)15/h4-6,16H,7-8H2,1-3H3/t13-/m1/s1. The molecule has 1 N–H and O–H groups in total. The Kier molecular flexibility index (Phi) is 6.07. The summed E-state index contributed by atoms with van der Waals surface area (Å²) < 4.78 is 9.82. The second-order valence-electron chi connectivity index (χ2n) is 4.35. The van der Waals surface area contributed by atoms with Gasteiger partial charge in [-0.15, -0.1) is 0 Å². The van der Waals surface area contributed by atoms with Gasteiger partial charge in [-0.25, -0.2) is 4.79 Å². The van der Waals surface area contributed by atoms with Crippen LogP contribution in [0.1, 0.15) is 12.5 Å². The van der Waals surface area contributed by atoms with E-state index in [0.717, 1.165) is 5.56 Å². The summed E-state index contributed by atoms with van der Waals surface area (Å²) in [6, 6.07) is 5.21. The van der Waals surface area contributed by atoms with E-state index in [1.165, 1.54) is 14.2 Å². The smallest absolute Gasteiger partial charge is 0.328 e. The zero-order chi connectivity index (χ0) is 14.5. The summed E-state index contributed by atoms with van der Waals surface area (Å²) in [5, 5.41) is 4.21. The molecule has 4 nitrogen and oxygen atoms in total. The molecule has 1 rings (SSSR count). The van der Waals surface area contributed by atoms with Gasteiger partial charge in [-0.05, 0) is 24.6 Å². The minimum atomic E-state index is -0.924. The van der Waals surface area contributed by atoms with Crippen molar-refractivity contribution >= 4 is 29.2 Å². The number of esters is 1. The lowest BCUT2D eigenvalue weighted by Gasteiger charge is -2.27. The average molecular weight is 306 g/mol. The number of carbonyl (C=O) groups excluding carboxylic acids is 1. The highest BCUT2D eigenvalue weighted by atomic mass is 35.5. The zero-order valence-electron chi connectivity index (χ0n) is 11.1. The predicted octanol–water partition coefficient (Wildman–Crippen LogP) is 2.66. The highest BCUT2D eigenvalue weighted by Gasteiger charge is 2.34. The Labute approximate surface area is 123 Å². The van der Waals surface area contributed by atoms with E-state index in [-0.39, 0.29) is 12.6 Å². The molecule has 0 bridgehead atoms. The monoisotopic (exact) mass is 305 g/mol. The lowest BCUT2D eigenvalue weighted by atomic mass is 10.0. The topological polar surface area (TPSA) is 47.6 Å². The van der Waals surface area contributed by atoms with Crippen LogP contribution in [0.15, 0.2) is 18.2 Å². The lowest BCUT2D eigenvalue weighted by Crippen LogP contribution is -2.53. The Morgan fingerprint density at radius 1 is 1.37 bits per heavy atom. The molecule has 106 valence electrons. The van der Waals surface area contributed by atoms with Gasteiger partial charge in [-0.2, -0.15) is 0 Å². The van der Waals surface area contributed by atoms with E-state index in [1.807, 2.05) is 6.07 Å². The minimum absolute atomic E-state index is 0.199. The predicted molar refractivity (Wildman–Crippen MR) is 75.6 cm³/mol. The Morgan fingerprint density at radius 2 is 2.05 bits per heavy atom. The molecule has 19 heavy (non-hydrogen) atoms. The Hall–Kier alpha value is -0.810. The van der Waals surface area contributed by atoms with Crippen molar-refractivity contribution in [3.05, 3.63) is 33.8 Å². The first kappa shape index (κ1) is 16.2. The molecule has 0 unspecified atom stereocenters. The fourth-order valence-electron chi connectivity index (χ4n) is 1.65. The van der Waals surface area contributed by atoms with Crippen LogP contribution in [0.5, 0.6) is 0 Å². The number of benzene rings is 1. The number of carbonyl (C=O) groups is 1. The van der Waals surface area contributed by atoms with Crippen molar-refractivity contribution in [1.82, 2.24) is 5.32 Å². The summed E-state index contributed by atoms with van der Waals surface area (Å²) in [7, 11) is 2.87. The quantitative estimate of drug-likeness (QED) is 0.821. The first-order valence-electron chi connectivity index (χ1n) is 5.69. The summed E-state index contributed by atoms with van der Waals surface area (Å²) in [4.78, 5) is 11.8. The number of ether oxygens (including phenoxy) is 2. The molecule has 0 radical (unpaired) electrons. The van der Waals surface area contributed by atoms with Crippen LogP contribution in [0, 0.1) is 0 Å². The number of hydrogen-bond donors (Lipinski definition) is 1. The third-order valence-electron chi connectivity index (χ3n) is 2.75. The highest BCUT2D eigenvalue weighted by molar-refractivity contribution is 6.35. The van der Waals surface area contributed by atoms with Crippen LogP contribution in [-0.2, 0) is 20.8 Å². The Morgan fingerprint density at radius 3 is 2.58 bits per heavy atom. The first-order valence-corrected chi connectivity index (χ1v) is 6.45. The summed E-state index contributed by atoms with van der Waals surface area (Å²) in [5.74, 6) is -0.389. The molecule has 0 saturated heterocycles. The number of nitrogens with one attached hydrogen (secondary N) is 1. The molecule has 0 aliphatic carbocycles. The number of methoxy groups -OCH3 is 2. The minimum Gasteiger partial charge on any atom is -0.468 e. The van der Waals surface area contributed by atoms with Crippen LogP contribution < -0.4 is 5.32 Å². The van der Waals surface area contributed by atoms with Crippen molar-refractivity contribution in [1.29, 1.82) is 0 Å². The molecule has 1 aromatic rings. The van der Waals surface area contributed by atoms with Crippen LogP contribution in [0.2, 0.25) is 10.0 Å². The van der Waals surface area contributed by atoms with E-state index in [2.05, 4.69) is 5.32 Å². The third-order valence-corrected chi connectivity index (χ3v) is 3.34. The Bertz CT molecular complexity index is 454. The summed E-state index contributed by atoms with van der Waals surface area (Å²) in [6.07, 6.45) is 0. The summed E-state index contributed by atoms with van der Waals surface area (Å²) in [5.41, 5.74) is -0.0794. The molecule has 0 spiro atoms. The molecule has 0 heterocycles. The fourth-order valence-corrected chi connectivity index (χ4v) is 2.13. The maximum absolute atomic E-state index is 11.8. The largest absolute Gasteiger partial charge is 0.468 e. The van der Waals surface area contributed by atoms with Gasteiger partial charge < -0.3 is 9.47 Å². The maximum Gasteiger partial charge on any atom is 0.328 e. The molecule has 1 atom stereocenters. The van der Waals surface area contributed by atoms with E-state index in [1.54, 1.807) is 19.1 Å². The number of rotatable bonds is 6. The van der Waals surface area contributed by atoms with E-state index in [0.29, 0.717) is 16.6 Å². The van der Waals surface area contributed by atoms with Gasteiger partial charge in [-0.1, -0.05) is 29.3 Å². The molecule has 0 fully saturated rings. The molecule has 1 aromatic carbocycles. The van der Waals surface area contributed by atoms with Gasteiger partial charge in [0.1, 0.15) is 5.54 Å². The van der Waals surface area contributed by atoms with Crippen LogP contribution in [-0.4, -0.2) is 32.3 Å². The lowest BCUT2D eigenvalue weighted by molar-refractivity contribution is -0.150. The van der Waals surface area contributed by atoms with Gasteiger partial charge in [0.25, 0.3) is 0 Å². The third kappa shape index (κ3) is 4.35. The van der Waals surface area contributed by atoms with E-state index in [4.69, 9.17) is 32.7 Å². The second kappa shape index (κ2) is 7.10. The van der Waals surface area contributed by atoms with Gasteiger partial charge in [0.05, 0.1) is 13.7 Å². The fraction of sp³-hybridized carbons (Fsp3) is 0.462. The highest BCUT2D eigenvalue weighted by Crippen LogP contribution is 2.21. The van der Waals surface area contributed by atoms with Gasteiger partial charge in [0.2, 0.25) is 0 Å². The van der Waals surface area contributed by atoms with Gasteiger partial charge in [-0.3, -0.25) is 5.32 Å². The molecular formula is C13H17Cl2NO3. The normalized spacial score (nSPS) is 13.9. The zero-order valence-corrected chi connectivity index (χ0v) is 12.6. The van der Waals surface area contributed by atoms with E-state index < -0.39 is 5.54 Å². The van der Waals surface area contributed by atoms with Crippen molar-refractivity contribution in [3.63, 3.8) is 0 Å². The van der Waals surface area contributed by atoms with Crippen LogP contribution in [0.4, 0.5) is 0 Å². The molecule has 6 heteroatoms. The molecule has 0 aromatic heterocycles. The van der Waals surface area contributed by atoms with Gasteiger partial charge in [0.15, 0.2) is 0 Å². The van der Waals surface area contributed by atoms with E-state index >= 15 is 0 Å². The van der Waals surface area contributed by atoms with Crippen molar-refractivity contribution in [2.45, 2.75) is 19.0 Å². The van der Waals surface area contributed by atoms with Crippen molar-refractivity contribution in [2.75, 3.05) is 20.8 Å². The van der Waals surface area contributed by atoms with Crippen molar-refractivity contribution in [2.24, 2.45) is 0 Å². The van der Waals surface area contributed by atoms with Crippen LogP contribution in [0.3, 0.4) is 0 Å². The molecule has 0 aliphatic heterocycles. The SMILES string of the molecule is COC[C@@](C)(NCc1ccc(Cl)cc1Cl)C(=O)OC. The molecule has 0 saturated carbocycles. The summed E-state index contributed by atoms with van der Waals surface area (Å²) in [6.45, 7) is 2.32. The average Bonchev–Trinajstić information content (AvgIpc) is 2.37. The van der Waals surface area contributed by atoms with Gasteiger partial charge >= 0.3 is 5.97 Å².